The SMILES string of the molecule is CNS(=O)(=O)CCNCc1cc(Cl)cc(OC)c1O. The van der Waals surface area contributed by atoms with Crippen molar-refractivity contribution in [1.82, 2.24) is 10.0 Å². The molecule has 0 aliphatic heterocycles. The lowest BCUT2D eigenvalue weighted by Gasteiger charge is -2.11. The second kappa shape index (κ2) is 6.95. The van der Waals surface area contributed by atoms with Crippen molar-refractivity contribution < 1.29 is 18.3 Å². The fourth-order valence-corrected chi connectivity index (χ4v) is 2.30. The Hall–Kier alpha value is -1.02. The van der Waals surface area contributed by atoms with Gasteiger partial charge in [0.1, 0.15) is 0 Å². The standard InChI is InChI=1S/C11H17ClN2O4S/c1-13-19(16,17)4-3-14-7-8-5-9(12)6-10(18-2)11(8)15/h5-6,13-15H,3-4,7H2,1-2H3. The highest BCUT2D eigenvalue weighted by atomic mass is 35.5. The molecule has 0 heterocycles. The lowest BCUT2D eigenvalue weighted by atomic mass is 10.2. The van der Waals surface area contributed by atoms with Crippen molar-refractivity contribution >= 4 is 21.6 Å². The van der Waals surface area contributed by atoms with Gasteiger partial charge in [-0.15, -0.1) is 0 Å². The van der Waals surface area contributed by atoms with Crippen LogP contribution in [-0.2, 0) is 16.6 Å². The Morgan fingerprint density at radius 3 is 2.68 bits per heavy atom. The summed E-state index contributed by atoms with van der Waals surface area (Å²) in [6, 6.07) is 3.10. The van der Waals surface area contributed by atoms with Gasteiger partial charge >= 0.3 is 0 Å². The molecule has 19 heavy (non-hydrogen) atoms. The zero-order chi connectivity index (χ0) is 14.5. The number of nitrogens with one attached hydrogen (secondary N) is 2. The van der Waals surface area contributed by atoms with Crippen molar-refractivity contribution in [2.45, 2.75) is 6.54 Å². The van der Waals surface area contributed by atoms with Crippen LogP contribution in [0.5, 0.6) is 11.5 Å². The van der Waals surface area contributed by atoms with E-state index in [1.165, 1.54) is 20.2 Å². The van der Waals surface area contributed by atoms with E-state index in [0.717, 1.165) is 0 Å². The largest absolute Gasteiger partial charge is 0.504 e. The van der Waals surface area contributed by atoms with Crippen molar-refractivity contribution in [2.75, 3.05) is 26.5 Å². The van der Waals surface area contributed by atoms with E-state index in [1.807, 2.05) is 0 Å². The molecule has 0 atom stereocenters. The van der Waals surface area contributed by atoms with Gasteiger partial charge in [-0.3, -0.25) is 0 Å². The van der Waals surface area contributed by atoms with Gasteiger partial charge in [-0.25, -0.2) is 13.1 Å². The zero-order valence-corrected chi connectivity index (χ0v) is 12.3. The molecule has 0 radical (unpaired) electrons. The van der Waals surface area contributed by atoms with Gasteiger partial charge in [0, 0.05) is 29.7 Å². The van der Waals surface area contributed by atoms with Gasteiger partial charge < -0.3 is 15.2 Å². The van der Waals surface area contributed by atoms with Gasteiger partial charge in [0.25, 0.3) is 0 Å². The van der Waals surface area contributed by atoms with Gasteiger partial charge in [0.05, 0.1) is 12.9 Å². The third-order valence-corrected chi connectivity index (χ3v) is 4.09. The van der Waals surface area contributed by atoms with Crippen molar-refractivity contribution in [3.8, 4) is 11.5 Å². The number of ether oxygens (including phenoxy) is 1. The molecule has 3 N–H and O–H groups in total. The molecule has 0 amide bonds. The van der Waals surface area contributed by atoms with Gasteiger partial charge in [0.15, 0.2) is 11.5 Å². The fraction of sp³-hybridized carbons (Fsp3) is 0.455. The van der Waals surface area contributed by atoms with Crippen LogP contribution in [0, 0.1) is 0 Å². The first-order chi connectivity index (χ1) is 8.89. The van der Waals surface area contributed by atoms with Crippen molar-refractivity contribution in [2.24, 2.45) is 0 Å². The molecule has 0 bridgehead atoms. The molecule has 0 fully saturated rings. The number of hydrogen-bond acceptors (Lipinski definition) is 5. The Bertz CT molecular complexity index is 534. The second-order valence-corrected chi connectivity index (χ2v) is 6.30. The minimum absolute atomic E-state index is 0.00382. The van der Waals surface area contributed by atoms with Crippen LogP contribution in [0.4, 0.5) is 0 Å². The first-order valence-electron chi connectivity index (χ1n) is 5.57. The molecule has 0 saturated heterocycles. The lowest BCUT2D eigenvalue weighted by molar-refractivity contribution is 0.370. The maximum absolute atomic E-state index is 11.2. The summed E-state index contributed by atoms with van der Waals surface area (Å²) in [6.07, 6.45) is 0. The van der Waals surface area contributed by atoms with Crippen molar-refractivity contribution in [3.05, 3.63) is 22.7 Å². The van der Waals surface area contributed by atoms with Crippen LogP contribution in [0.1, 0.15) is 5.56 Å². The number of halogens is 1. The van der Waals surface area contributed by atoms with Gasteiger partial charge in [-0.1, -0.05) is 11.6 Å². The fourth-order valence-electron chi connectivity index (χ4n) is 1.45. The monoisotopic (exact) mass is 308 g/mol. The van der Waals surface area contributed by atoms with Crippen LogP contribution in [0.15, 0.2) is 12.1 Å². The van der Waals surface area contributed by atoms with E-state index in [4.69, 9.17) is 16.3 Å². The third-order valence-electron chi connectivity index (χ3n) is 2.51. The molecule has 0 aliphatic carbocycles. The molecular formula is C11H17ClN2O4S. The Morgan fingerprint density at radius 2 is 2.11 bits per heavy atom. The van der Waals surface area contributed by atoms with E-state index >= 15 is 0 Å². The minimum Gasteiger partial charge on any atom is -0.504 e. The highest BCUT2D eigenvalue weighted by Crippen LogP contribution is 2.33. The summed E-state index contributed by atoms with van der Waals surface area (Å²) >= 11 is 5.88. The molecule has 0 aliphatic rings. The Balaban J connectivity index is 2.61. The van der Waals surface area contributed by atoms with E-state index in [9.17, 15) is 13.5 Å². The minimum atomic E-state index is -3.23. The molecule has 8 heteroatoms. The number of rotatable bonds is 7. The van der Waals surface area contributed by atoms with Crippen LogP contribution in [-0.4, -0.2) is 40.0 Å². The number of hydrogen-bond donors (Lipinski definition) is 3. The van der Waals surface area contributed by atoms with Crippen LogP contribution >= 0.6 is 11.6 Å². The number of aromatic hydroxyl groups is 1. The molecule has 0 spiro atoms. The number of sulfonamides is 1. The van der Waals surface area contributed by atoms with Gasteiger partial charge in [-0.2, -0.15) is 0 Å². The Labute approximate surface area is 117 Å². The quantitative estimate of drug-likeness (QED) is 0.645. The normalized spacial score (nSPS) is 11.5. The van der Waals surface area contributed by atoms with Crippen LogP contribution in [0.3, 0.4) is 0 Å². The molecule has 108 valence electrons. The number of benzene rings is 1. The van der Waals surface area contributed by atoms with Crippen LogP contribution in [0.25, 0.3) is 0 Å². The molecular weight excluding hydrogens is 292 g/mol. The van der Waals surface area contributed by atoms with Crippen LogP contribution < -0.4 is 14.8 Å². The first-order valence-corrected chi connectivity index (χ1v) is 7.60. The molecule has 6 nitrogen and oxygen atoms in total. The number of phenolic OH excluding ortho intramolecular Hbond substituents is 1. The molecule has 1 rings (SSSR count). The molecule has 1 aromatic carbocycles. The zero-order valence-electron chi connectivity index (χ0n) is 10.7. The average molecular weight is 309 g/mol. The summed E-state index contributed by atoms with van der Waals surface area (Å²) in [5.41, 5.74) is 0.547. The maximum atomic E-state index is 11.2. The summed E-state index contributed by atoms with van der Waals surface area (Å²) in [6.45, 7) is 0.555. The average Bonchev–Trinajstić information content (AvgIpc) is 2.38. The summed E-state index contributed by atoms with van der Waals surface area (Å²) in [7, 11) is -0.434. The second-order valence-electron chi connectivity index (χ2n) is 3.82. The summed E-state index contributed by atoms with van der Waals surface area (Å²) < 4.78 is 29.6. The lowest BCUT2D eigenvalue weighted by Crippen LogP contribution is -2.29. The Morgan fingerprint density at radius 1 is 1.42 bits per heavy atom. The van der Waals surface area contributed by atoms with E-state index in [1.54, 1.807) is 6.07 Å². The smallest absolute Gasteiger partial charge is 0.212 e. The first kappa shape index (κ1) is 16.0. The van der Waals surface area contributed by atoms with Crippen molar-refractivity contribution in [3.63, 3.8) is 0 Å². The number of methoxy groups -OCH3 is 1. The number of phenols is 1. The highest BCUT2D eigenvalue weighted by Gasteiger charge is 2.10. The van der Waals surface area contributed by atoms with Gasteiger partial charge in [0.2, 0.25) is 10.0 Å². The van der Waals surface area contributed by atoms with Crippen LogP contribution in [0.2, 0.25) is 5.02 Å². The molecule has 1 aromatic rings. The van der Waals surface area contributed by atoms with E-state index in [0.29, 0.717) is 17.1 Å². The highest BCUT2D eigenvalue weighted by molar-refractivity contribution is 7.89. The van der Waals surface area contributed by atoms with Crippen molar-refractivity contribution in [1.29, 1.82) is 0 Å². The predicted octanol–water partition coefficient (Wildman–Crippen LogP) is 0.693. The summed E-state index contributed by atoms with van der Waals surface area (Å²) in [4.78, 5) is 0. The van der Waals surface area contributed by atoms with Gasteiger partial charge in [-0.05, 0) is 13.1 Å². The summed E-state index contributed by atoms with van der Waals surface area (Å²) in [5.74, 6) is 0.241. The maximum Gasteiger partial charge on any atom is 0.212 e. The topological polar surface area (TPSA) is 87.7 Å². The molecule has 0 aromatic heterocycles. The van der Waals surface area contributed by atoms with E-state index in [-0.39, 0.29) is 23.8 Å². The van der Waals surface area contributed by atoms with E-state index in [2.05, 4.69) is 10.0 Å². The molecule has 0 saturated carbocycles. The Kier molecular flexibility index (Phi) is 5.86. The molecule has 0 unspecified atom stereocenters. The summed E-state index contributed by atoms with van der Waals surface area (Å²) in [5, 5.41) is 13.2. The third kappa shape index (κ3) is 4.87. The van der Waals surface area contributed by atoms with E-state index < -0.39 is 10.0 Å². The predicted molar refractivity (Wildman–Crippen MR) is 74.2 cm³/mol.